The molecule has 2 aromatic rings. The first-order valence-corrected chi connectivity index (χ1v) is 10.3. The number of Topliss-reactive ketones (excluding diaryl/α,β-unsaturated/α-hetero) is 1. The Hall–Kier alpha value is -3.92. The van der Waals surface area contributed by atoms with E-state index in [4.69, 9.17) is 5.73 Å². The van der Waals surface area contributed by atoms with E-state index in [1.54, 1.807) is 17.0 Å². The summed E-state index contributed by atoms with van der Waals surface area (Å²) in [5.41, 5.74) is 10.5. The average molecular weight is 414 g/mol. The van der Waals surface area contributed by atoms with Gasteiger partial charge in [-0.3, -0.25) is 19.8 Å². The number of anilines is 1. The number of carbonyl (C=O) groups is 1. The van der Waals surface area contributed by atoms with Crippen LogP contribution in [0.15, 0.2) is 71.2 Å². The second-order valence-electron chi connectivity index (χ2n) is 7.69. The highest BCUT2D eigenvalue weighted by Gasteiger charge is 2.40. The van der Waals surface area contributed by atoms with Gasteiger partial charge in [0.15, 0.2) is 5.78 Å². The molecule has 1 heterocycles. The van der Waals surface area contributed by atoms with Gasteiger partial charge in [0.05, 0.1) is 28.2 Å². The summed E-state index contributed by atoms with van der Waals surface area (Å²) in [4.78, 5) is 25.6. The van der Waals surface area contributed by atoms with Gasteiger partial charge in [-0.2, -0.15) is 5.26 Å². The molecule has 1 atom stereocenters. The van der Waals surface area contributed by atoms with E-state index < -0.39 is 10.8 Å². The number of nitrogens with two attached hydrogens (primary N) is 1. The number of aryl methyl sites for hydroxylation is 1. The zero-order valence-electron chi connectivity index (χ0n) is 17.2. The van der Waals surface area contributed by atoms with Crippen LogP contribution in [0.25, 0.3) is 0 Å². The van der Waals surface area contributed by atoms with Gasteiger partial charge in [-0.05, 0) is 36.5 Å². The Morgan fingerprint density at radius 2 is 1.97 bits per heavy atom. The van der Waals surface area contributed by atoms with Gasteiger partial charge in [-0.1, -0.05) is 37.3 Å². The summed E-state index contributed by atoms with van der Waals surface area (Å²) < 4.78 is 0. The van der Waals surface area contributed by atoms with Crippen LogP contribution in [0.3, 0.4) is 0 Å². The van der Waals surface area contributed by atoms with Crippen molar-refractivity contribution in [1.29, 1.82) is 5.26 Å². The quantitative estimate of drug-likeness (QED) is 0.584. The summed E-state index contributed by atoms with van der Waals surface area (Å²) in [6.45, 7) is 2.07. The van der Waals surface area contributed by atoms with Gasteiger partial charge in [-0.15, -0.1) is 0 Å². The Balaban J connectivity index is 1.93. The zero-order chi connectivity index (χ0) is 22.1. The predicted molar refractivity (Wildman–Crippen MR) is 117 cm³/mol. The number of nitro benzene ring substituents is 1. The smallest absolute Gasteiger partial charge is 0.271 e. The molecule has 2 aliphatic rings. The molecule has 156 valence electrons. The number of benzene rings is 2. The minimum atomic E-state index is -0.534. The number of allylic oxidation sites excluding steroid dienone is 3. The molecule has 7 heteroatoms. The normalized spacial score (nSPS) is 18.6. The summed E-state index contributed by atoms with van der Waals surface area (Å²) in [6, 6.07) is 16.2. The fourth-order valence-corrected chi connectivity index (χ4v) is 4.41. The number of nitrogens with zero attached hydrogens (tertiary/aromatic N) is 3. The van der Waals surface area contributed by atoms with E-state index in [9.17, 15) is 20.2 Å². The topological polar surface area (TPSA) is 113 Å². The average Bonchev–Trinajstić information content (AvgIpc) is 2.78. The van der Waals surface area contributed by atoms with Crippen molar-refractivity contribution in [2.24, 2.45) is 5.73 Å². The number of ketones is 1. The van der Waals surface area contributed by atoms with Gasteiger partial charge in [0.1, 0.15) is 5.82 Å². The van der Waals surface area contributed by atoms with E-state index >= 15 is 0 Å². The standard InChI is InChI=1S/C24H22N4O3/c1-2-15-9-11-16(12-10-15)22-19(14-25)24(26)27(20-7-4-8-21(29)23(20)22)17-5-3-6-18(13-17)28(30)31/h3,5-6,9-13,22H,2,4,7-8,26H2,1H3/t22-/m0/s1. The maximum Gasteiger partial charge on any atom is 0.271 e. The second kappa shape index (κ2) is 8.07. The first kappa shape index (κ1) is 20.4. The molecule has 0 bridgehead atoms. The van der Waals surface area contributed by atoms with E-state index in [-0.39, 0.29) is 22.9 Å². The third kappa shape index (κ3) is 3.46. The lowest BCUT2D eigenvalue weighted by Gasteiger charge is -2.39. The van der Waals surface area contributed by atoms with Crippen molar-refractivity contribution in [3.05, 3.63) is 92.4 Å². The largest absolute Gasteiger partial charge is 0.384 e. The van der Waals surface area contributed by atoms with Crippen molar-refractivity contribution >= 4 is 17.2 Å². The molecule has 0 aromatic heterocycles. The molecule has 4 rings (SSSR count). The molecule has 31 heavy (non-hydrogen) atoms. The fourth-order valence-electron chi connectivity index (χ4n) is 4.41. The minimum absolute atomic E-state index is 0.0125. The van der Waals surface area contributed by atoms with E-state index in [2.05, 4.69) is 13.0 Å². The monoisotopic (exact) mass is 414 g/mol. The fraction of sp³-hybridized carbons (Fsp3) is 0.250. The lowest BCUT2D eigenvalue weighted by Crippen LogP contribution is -2.38. The van der Waals surface area contributed by atoms with Crippen molar-refractivity contribution in [2.45, 2.75) is 38.5 Å². The van der Waals surface area contributed by atoms with Crippen molar-refractivity contribution < 1.29 is 9.72 Å². The third-order valence-corrected chi connectivity index (χ3v) is 5.93. The van der Waals surface area contributed by atoms with Crippen LogP contribution in [-0.4, -0.2) is 10.7 Å². The summed E-state index contributed by atoms with van der Waals surface area (Å²) >= 11 is 0. The number of hydrogen-bond donors (Lipinski definition) is 1. The highest BCUT2D eigenvalue weighted by molar-refractivity contribution is 6.01. The van der Waals surface area contributed by atoms with Gasteiger partial charge in [0, 0.05) is 29.8 Å². The molecular formula is C24H22N4O3. The molecule has 7 nitrogen and oxygen atoms in total. The second-order valence-corrected chi connectivity index (χ2v) is 7.69. The highest BCUT2D eigenvalue weighted by Crippen LogP contribution is 2.46. The lowest BCUT2D eigenvalue weighted by molar-refractivity contribution is -0.384. The van der Waals surface area contributed by atoms with Gasteiger partial charge < -0.3 is 5.73 Å². The Morgan fingerprint density at radius 1 is 1.23 bits per heavy atom. The first-order valence-electron chi connectivity index (χ1n) is 10.3. The summed E-state index contributed by atoms with van der Waals surface area (Å²) in [6.07, 6.45) is 2.57. The Bertz CT molecular complexity index is 1170. The van der Waals surface area contributed by atoms with Crippen molar-refractivity contribution in [2.75, 3.05) is 4.90 Å². The number of nitriles is 1. The maximum absolute atomic E-state index is 13.1. The zero-order valence-corrected chi connectivity index (χ0v) is 17.2. The van der Waals surface area contributed by atoms with Crippen molar-refractivity contribution in [3.8, 4) is 6.07 Å². The van der Waals surface area contributed by atoms with E-state index in [0.29, 0.717) is 30.5 Å². The molecule has 1 aliphatic carbocycles. The van der Waals surface area contributed by atoms with Gasteiger partial charge >= 0.3 is 0 Å². The summed E-state index contributed by atoms with van der Waals surface area (Å²) in [5, 5.41) is 21.3. The number of non-ortho nitro benzene ring substituents is 1. The molecule has 2 N–H and O–H groups in total. The third-order valence-electron chi connectivity index (χ3n) is 5.93. The Kier molecular flexibility index (Phi) is 5.30. The van der Waals surface area contributed by atoms with Crippen LogP contribution < -0.4 is 10.6 Å². The van der Waals surface area contributed by atoms with E-state index in [0.717, 1.165) is 23.2 Å². The molecule has 0 fully saturated rings. The lowest BCUT2D eigenvalue weighted by atomic mass is 9.75. The van der Waals surface area contributed by atoms with E-state index in [1.807, 2.05) is 24.3 Å². The SMILES string of the molecule is CCc1ccc([C@H]2C(C#N)=C(N)N(c3cccc([N+](=O)[O-])c3)C3=C2C(=O)CCC3)cc1. The maximum atomic E-state index is 13.1. The number of rotatable bonds is 4. The molecule has 0 saturated heterocycles. The summed E-state index contributed by atoms with van der Waals surface area (Å²) in [5.74, 6) is -0.337. The first-order chi connectivity index (χ1) is 15.0. The molecule has 0 saturated carbocycles. The molecule has 0 spiro atoms. The van der Waals surface area contributed by atoms with Crippen LogP contribution in [0, 0.1) is 21.4 Å². The number of hydrogen-bond acceptors (Lipinski definition) is 6. The van der Waals surface area contributed by atoms with E-state index in [1.165, 1.54) is 12.1 Å². The summed E-state index contributed by atoms with van der Waals surface area (Å²) in [7, 11) is 0. The van der Waals surface area contributed by atoms with Crippen LogP contribution in [-0.2, 0) is 11.2 Å². The molecule has 0 radical (unpaired) electrons. The number of nitro groups is 1. The number of carbonyl (C=O) groups excluding carboxylic acids is 1. The van der Waals surface area contributed by atoms with Crippen LogP contribution >= 0.6 is 0 Å². The van der Waals surface area contributed by atoms with Crippen LogP contribution in [0.5, 0.6) is 0 Å². The Morgan fingerprint density at radius 3 is 2.61 bits per heavy atom. The molecule has 0 amide bonds. The minimum Gasteiger partial charge on any atom is -0.384 e. The highest BCUT2D eigenvalue weighted by atomic mass is 16.6. The molecular weight excluding hydrogens is 392 g/mol. The van der Waals surface area contributed by atoms with Gasteiger partial charge in [-0.25, -0.2) is 0 Å². The van der Waals surface area contributed by atoms with Crippen molar-refractivity contribution in [1.82, 2.24) is 0 Å². The van der Waals surface area contributed by atoms with Crippen LogP contribution in [0.1, 0.15) is 43.2 Å². The van der Waals surface area contributed by atoms with Crippen molar-refractivity contribution in [3.63, 3.8) is 0 Å². The van der Waals surface area contributed by atoms with Crippen LogP contribution in [0.4, 0.5) is 11.4 Å². The molecule has 0 unspecified atom stereocenters. The molecule has 2 aromatic carbocycles. The van der Waals surface area contributed by atoms with Crippen LogP contribution in [0.2, 0.25) is 0 Å². The van der Waals surface area contributed by atoms with Gasteiger partial charge in [0.25, 0.3) is 5.69 Å². The predicted octanol–water partition coefficient (Wildman–Crippen LogP) is 4.46. The molecule has 1 aliphatic heterocycles. The Labute approximate surface area is 180 Å². The van der Waals surface area contributed by atoms with Gasteiger partial charge in [0.2, 0.25) is 0 Å².